The number of hydrogen-bond acceptors (Lipinski definition) is 17. The number of carbonyl (C=O) groups is 6. The lowest BCUT2D eigenvalue weighted by atomic mass is 9.91. The molecule has 318 valence electrons. The Kier molecular flexibility index (Phi) is 16.1. The van der Waals surface area contributed by atoms with Crippen molar-refractivity contribution in [3.8, 4) is 0 Å². The van der Waals surface area contributed by atoms with Crippen LogP contribution in [0, 0.1) is 0 Å². The van der Waals surface area contributed by atoms with E-state index in [-0.39, 0.29) is 90.2 Å². The van der Waals surface area contributed by atoms with Crippen molar-refractivity contribution in [3.63, 3.8) is 0 Å². The number of likely N-dealkylation sites (tertiary alicyclic amines) is 1. The quantitative estimate of drug-likeness (QED) is 0.0511. The van der Waals surface area contributed by atoms with Gasteiger partial charge in [0.25, 0.3) is 11.8 Å². The zero-order valence-electron chi connectivity index (χ0n) is 32.1. The molecule has 0 spiro atoms. The van der Waals surface area contributed by atoms with Crippen molar-refractivity contribution in [3.05, 3.63) is 0 Å². The van der Waals surface area contributed by atoms with E-state index in [1.807, 2.05) is 0 Å². The number of amides is 5. The highest BCUT2D eigenvalue weighted by Gasteiger charge is 2.49. The van der Waals surface area contributed by atoms with Crippen molar-refractivity contribution in [1.29, 1.82) is 0 Å². The second-order valence-corrected chi connectivity index (χ2v) is 14.6. The third kappa shape index (κ3) is 10.6. The van der Waals surface area contributed by atoms with Crippen LogP contribution in [0.15, 0.2) is 0 Å². The molecular formula is C35H56N4O17. The average molecular weight is 805 g/mol. The molecule has 6 N–H and O–H groups in total. The van der Waals surface area contributed by atoms with Crippen LogP contribution in [0.1, 0.15) is 79.1 Å². The molecule has 56 heavy (non-hydrogen) atoms. The van der Waals surface area contributed by atoms with Crippen molar-refractivity contribution in [1.82, 2.24) is 19.8 Å². The number of carbonyl (C=O) groups excluding carboxylic acids is 6. The molecule has 5 amide bonds. The molecule has 0 unspecified atom stereocenters. The first-order chi connectivity index (χ1) is 26.4. The predicted molar refractivity (Wildman–Crippen MR) is 186 cm³/mol. The maximum absolute atomic E-state index is 13.4. The molecule has 4 heterocycles. The lowest BCUT2D eigenvalue weighted by molar-refractivity contribution is -0.295. The zero-order chi connectivity index (χ0) is 41.5. The number of unbranched alkanes of at least 4 members (excludes halogenated alkanes) is 1. The van der Waals surface area contributed by atoms with E-state index < -0.39 is 96.7 Å². The molecule has 0 radical (unpaired) electrons. The van der Waals surface area contributed by atoms with E-state index in [0.29, 0.717) is 11.5 Å². The van der Waals surface area contributed by atoms with Crippen LogP contribution in [-0.4, -0.2) is 192 Å². The maximum atomic E-state index is 13.4. The Morgan fingerprint density at radius 1 is 0.696 bits per heavy atom. The van der Waals surface area contributed by atoms with E-state index in [4.69, 9.17) is 23.8 Å². The molecule has 4 rings (SSSR count). The van der Waals surface area contributed by atoms with Crippen molar-refractivity contribution in [2.75, 3.05) is 39.4 Å². The summed E-state index contributed by atoms with van der Waals surface area (Å²) in [7, 11) is 0. The van der Waals surface area contributed by atoms with Gasteiger partial charge in [-0.05, 0) is 26.7 Å². The Morgan fingerprint density at radius 3 is 1.55 bits per heavy atom. The van der Waals surface area contributed by atoms with Gasteiger partial charge in [-0.25, -0.2) is 4.79 Å². The topological polar surface area (TPSA) is 283 Å². The monoisotopic (exact) mass is 804 g/mol. The molecule has 0 aliphatic carbocycles. The summed E-state index contributed by atoms with van der Waals surface area (Å²) in [5.74, 6) is -3.13. The van der Waals surface area contributed by atoms with Crippen LogP contribution in [0.4, 0.5) is 0 Å². The minimum absolute atomic E-state index is 0.0288. The summed E-state index contributed by atoms with van der Waals surface area (Å²) in [5, 5.41) is 61.9. The molecule has 4 aliphatic heterocycles. The van der Waals surface area contributed by atoms with Gasteiger partial charge in [0.1, 0.15) is 42.3 Å². The molecule has 4 aliphatic rings. The summed E-state index contributed by atoms with van der Waals surface area (Å²) in [6, 6.07) is 0. The Bertz CT molecular complexity index is 1340. The lowest BCUT2D eigenvalue weighted by Crippen LogP contribution is -2.68. The average Bonchev–Trinajstić information content (AvgIpc) is 3.47. The fourth-order valence-corrected chi connectivity index (χ4v) is 7.45. The van der Waals surface area contributed by atoms with Gasteiger partial charge in [-0.15, -0.1) is 5.06 Å². The number of ether oxygens (including phenoxy) is 4. The molecule has 21 nitrogen and oxygen atoms in total. The van der Waals surface area contributed by atoms with Crippen LogP contribution >= 0.6 is 0 Å². The summed E-state index contributed by atoms with van der Waals surface area (Å²) < 4.78 is 22.5. The van der Waals surface area contributed by atoms with E-state index >= 15 is 0 Å². The molecule has 0 saturated carbocycles. The molecule has 4 saturated heterocycles. The Hall–Kier alpha value is -3.38. The van der Waals surface area contributed by atoms with Gasteiger partial charge in [0, 0.05) is 78.6 Å². The fourth-order valence-electron chi connectivity index (χ4n) is 7.45. The molecule has 0 aromatic heterocycles. The van der Waals surface area contributed by atoms with E-state index in [2.05, 4.69) is 0 Å². The molecule has 21 heteroatoms. The van der Waals surface area contributed by atoms with Gasteiger partial charge in [0.15, 0.2) is 12.6 Å². The highest BCUT2D eigenvalue weighted by atomic mass is 16.7. The SMILES string of the molecule is CC(=O)N(CCO[C@@H]1O[C@@H](C)[C@@H](O)[C@@H](O)[C@@H]1O)C1(N(CCO[C@@H]2O[C@@H](C)[C@@H](O)[C@@H](O)[C@@H]2O)C(C)=O)CCN(C(=O)CCCCC(=O)ON2C(=O)CCC2=O)CC1. The Morgan fingerprint density at radius 2 is 1.12 bits per heavy atom. The Labute approximate surface area is 323 Å². The van der Waals surface area contributed by atoms with Crippen molar-refractivity contribution in [2.45, 2.75) is 146 Å². The standard InChI is InChI=1S/C35H56N4O17/c1-19-27(46)29(48)31(50)33(54-19)52-17-15-37(21(3)40)35(38(22(4)41)16-18-53-34-32(51)30(49)28(47)20(2)55-34)11-13-36(14-12-35)23(42)7-5-6-8-26(45)56-39-24(43)9-10-25(39)44/h19-20,27-34,46-51H,5-18H2,1-4H3/t19-,20-,27+,28+,29+,30+,31-,32-,33+,34+/m0/s1. The smallest absolute Gasteiger partial charge is 0.333 e. The molecular weight excluding hydrogens is 748 g/mol. The first-order valence-corrected chi connectivity index (χ1v) is 18.9. The summed E-state index contributed by atoms with van der Waals surface area (Å²) in [6.07, 6.45) is -12.8. The number of rotatable bonds is 16. The number of hydroxylamine groups is 2. The highest BCUT2D eigenvalue weighted by molar-refractivity contribution is 6.01. The van der Waals surface area contributed by atoms with E-state index in [1.165, 1.54) is 37.5 Å². The summed E-state index contributed by atoms with van der Waals surface area (Å²) in [5.41, 5.74) is -1.35. The van der Waals surface area contributed by atoms with Crippen molar-refractivity contribution in [2.24, 2.45) is 0 Å². The minimum atomic E-state index is -1.59. The molecule has 4 fully saturated rings. The first-order valence-electron chi connectivity index (χ1n) is 18.9. The normalized spacial score (nSPS) is 32.0. The maximum Gasteiger partial charge on any atom is 0.333 e. The largest absolute Gasteiger partial charge is 0.388 e. The number of piperidine rings is 1. The van der Waals surface area contributed by atoms with E-state index in [9.17, 15) is 59.4 Å². The molecule has 0 aromatic carbocycles. The number of aliphatic hydroxyl groups excluding tert-OH is 6. The molecule has 10 atom stereocenters. The van der Waals surface area contributed by atoms with Crippen LogP contribution in [0.25, 0.3) is 0 Å². The third-order valence-electron chi connectivity index (χ3n) is 10.7. The van der Waals surface area contributed by atoms with Gasteiger partial charge < -0.3 is 69.1 Å². The molecule has 0 bridgehead atoms. The van der Waals surface area contributed by atoms with Crippen molar-refractivity contribution >= 4 is 35.5 Å². The van der Waals surface area contributed by atoms with Crippen LogP contribution in [-0.2, 0) is 52.6 Å². The molecule has 0 aromatic rings. The number of aliphatic hydroxyl groups is 6. The fraction of sp³-hybridized carbons (Fsp3) is 0.829. The van der Waals surface area contributed by atoms with E-state index in [1.54, 1.807) is 4.90 Å². The van der Waals surface area contributed by atoms with Gasteiger partial charge in [-0.3, -0.25) is 24.0 Å². The van der Waals surface area contributed by atoms with Crippen molar-refractivity contribution < 1.29 is 83.2 Å². The summed E-state index contributed by atoms with van der Waals surface area (Å²) in [6.45, 7) is 5.05. The first kappa shape index (κ1) is 45.3. The van der Waals surface area contributed by atoms with Gasteiger partial charge in [-0.2, -0.15) is 0 Å². The third-order valence-corrected chi connectivity index (χ3v) is 10.7. The summed E-state index contributed by atoms with van der Waals surface area (Å²) in [4.78, 5) is 84.9. The Balaban J connectivity index is 1.43. The minimum Gasteiger partial charge on any atom is -0.388 e. The van der Waals surface area contributed by atoms with Crippen LogP contribution in [0.5, 0.6) is 0 Å². The van der Waals surface area contributed by atoms with Crippen LogP contribution < -0.4 is 0 Å². The zero-order valence-corrected chi connectivity index (χ0v) is 32.1. The van der Waals surface area contributed by atoms with Gasteiger partial charge >= 0.3 is 5.97 Å². The predicted octanol–water partition coefficient (Wildman–Crippen LogP) is -3.14. The van der Waals surface area contributed by atoms with Gasteiger partial charge in [-0.1, -0.05) is 0 Å². The van der Waals surface area contributed by atoms with Crippen LogP contribution in [0.2, 0.25) is 0 Å². The highest BCUT2D eigenvalue weighted by Crippen LogP contribution is 2.34. The van der Waals surface area contributed by atoms with Gasteiger partial charge in [0.2, 0.25) is 17.7 Å². The second-order valence-electron chi connectivity index (χ2n) is 14.6. The number of hydrogen-bond donors (Lipinski definition) is 6. The number of nitrogens with zero attached hydrogens (tertiary/aromatic N) is 4. The second kappa shape index (κ2) is 19.9. The van der Waals surface area contributed by atoms with E-state index in [0.717, 1.165) is 0 Å². The van der Waals surface area contributed by atoms with Gasteiger partial charge in [0.05, 0.1) is 25.4 Å². The summed E-state index contributed by atoms with van der Waals surface area (Å²) >= 11 is 0. The van der Waals surface area contributed by atoms with Crippen LogP contribution in [0.3, 0.4) is 0 Å². The lowest BCUT2D eigenvalue weighted by Gasteiger charge is -2.54. The number of imide groups is 1.